The van der Waals surface area contributed by atoms with Crippen LogP contribution in [0.4, 0.5) is 5.69 Å². The molecular weight excluding hydrogens is 264 g/mol. The molecule has 2 aromatic rings. The van der Waals surface area contributed by atoms with Crippen molar-refractivity contribution in [3.8, 4) is 11.4 Å². The van der Waals surface area contributed by atoms with Crippen molar-refractivity contribution in [3.63, 3.8) is 0 Å². The number of carbonyl (C=O) groups is 1. The molecule has 1 aromatic carbocycles. The van der Waals surface area contributed by atoms with E-state index in [-0.39, 0.29) is 17.9 Å². The van der Waals surface area contributed by atoms with Gasteiger partial charge in [-0.15, -0.1) is 0 Å². The van der Waals surface area contributed by atoms with Gasteiger partial charge in [-0.05, 0) is 19.3 Å². The fourth-order valence-electron chi connectivity index (χ4n) is 2.63. The third kappa shape index (κ3) is 3.25. The molecule has 0 aliphatic heterocycles. The fraction of sp³-hybridized carbons (Fsp3) is 0.312. The second-order valence-corrected chi connectivity index (χ2v) is 5.42. The molecule has 1 saturated carbocycles. The number of anilines is 1. The average molecular weight is 282 g/mol. The summed E-state index contributed by atoms with van der Waals surface area (Å²) in [6.45, 7) is 0. The molecule has 2 unspecified atom stereocenters. The zero-order chi connectivity index (χ0) is 14.7. The highest BCUT2D eigenvalue weighted by atomic mass is 16.1. The molecular formula is C16H18N4O. The molecule has 1 aromatic heterocycles. The molecule has 1 amide bonds. The monoisotopic (exact) mass is 282 g/mol. The molecule has 0 saturated heterocycles. The lowest BCUT2D eigenvalue weighted by Crippen LogP contribution is -2.23. The van der Waals surface area contributed by atoms with Crippen molar-refractivity contribution in [2.24, 2.45) is 11.7 Å². The van der Waals surface area contributed by atoms with Crippen molar-refractivity contribution in [1.29, 1.82) is 0 Å². The first-order chi connectivity index (χ1) is 10.2. The van der Waals surface area contributed by atoms with Crippen LogP contribution in [0, 0.1) is 5.92 Å². The van der Waals surface area contributed by atoms with Crippen LogP contribution in [0.15, 0.2) is 42.7 Å². The number of nitrogens with two attached hydrogens (primary N) is 1. The molecule has 5 nitrogen and oxygen atoms in total. The number of hydrogen-bond donors (Lipinski definition) is 2. The molecule has 2 atom stereocenters. The summed E-state index contributed by atoms with van der Waals surface area (Å²) >= 11 is 0. The maximum Gasteiger partial charge on any atom is 0.227 e. The smallest absolute Gasteiger partial charge is 0.227 e. The van der Waals surface area contributed by atoms with E-state index in [1.807, 2.05) is 30.3 Å². The summed E-state index contributed by atoms with van der Waals surface area (Å²) in [4.78, 5) is 20.7. The Labute approximate surface area is 123 Å². The SMILES string of the molecule is NC1CCC(C(=O)Nc2cnc(-c3ccccc3)nc2)C1. The van der Waals surface area contributed by atoms with Gasteiger partial charge in [-0.1, -0.05) is 30.3 Å². The van der Waals surface area contributed by atoms with Gasteiger partial charge in [-0.25, -0.2) is 9.97 Å². The van der Waals surface area contributed by atoms with Gasteiger partial charge in [0.05, 0.1) is 18.1 Å². The predicted octanol–water partition coefficient (Wildman–Crippen LogP) is 2.21. The van der Waals surface area contributed by atoms with Crippen molar-refractivity contribution in [2.75, 3.05) is 5.32 Å². The van der Waals surface area contributed by atoms with Gasteiger partial charge in [0, 0.05) is 17.5 Å². The minimum absolute atomic E-state index is 0.00815. The zero-order valence-electron chi connectivity index (χ0n) is 11.7. The summed E-state index contributed by atoms with van der Waals surface area (Å²) in [5, 5.41) is 2.86. The Kier molecular flexibility index (Phi) is 3.92. The first-order valence-electron chi connectivity index (χ1n) is 7.16. The van der Waals surface area contributed by atoms with Gasteiger partial charge in [0.1, 0.15) is 0 Å². The van der Waals surface area contributed by atoms with Crippen molar-refractivity contribution < 1.29 is 4.79 Å². The van der Waals surface area contributed by atoms with Gasteiger partial charge in [-0.3, -0.25) is 4.79 Å². The van der Waals surface area contributed by atoms with E-state index in [9.17, 15) is 4.79 Å². The third-order valence-electron chi connectivity index (χ3n) is 3.80. The van der Waals surface area contributed by atoms with E-state index in [0.717, 1.165) is 24.8 Å². The summed E-state index contributed by atoms with van der Waals surface area (Å²) in [6.07, 6.45) is 5.82. The lowest BCUT2D eigenvalue weighted by atomic mass is 10.1. The van der Waals surface area contributed by atoms with Crippen molar-refractivity contribution in [2.45, 2.75) is 25.3 Å². The highest BCUT2D eigenvalue weighted by molar-refractivity contribution is 5.92. The molecule has 1 aliphatic rings. The molecule has 1 heterocycles. The topological polar surface area (TPSA) is 80.9 Å². The average Bonchev–Trinajstić information content (AvgIpc) is 2.96. The number of nitrogens with one attached hydrogen (secondary N) is 1. The summed E-state index contributed by atoms with van der Waals surface area (Å²) < 4.78 is 0. The maximum absolute atomic E-state index is 12.1. The maximum atomic E-state index is 12.1. The van der Waals surface area contributed by atoms with Gasteiger partial charge in [-0.2, -0.15) is 0 Å². The Hall–Kier alpha value is -2.27. The molecule has 1 fully saturated rings. The molecule has 0 radical (unpaired) electrons. The number of carbonyl (C=O) groups excluding carboxylic acids is 1. The van der Waals surface area contributed by atoms with Gasteiger partial charge in [0.25, 0.3) is 0 Å². The number of aromatic nitrogens is 2. The number of hydrogen-bond acceptors (Lipinski definition) is 4. The second-order valence-electron chi connectivity index (χ2n) is 5.42. The Morgan fingerprint density at radius 2 is 1.86 bits per heavy atom. The van der Waals surface area contributed by atoms with Gasteiger partial charge < -0.3 is 11.1 Å². The molecule has 3 N–H and O–H groups in total. The van der Waals surface area contributed by atoms with Crippen LogP contribution in [0.25, 0.3) is 11.4 Å². The largest absolute Gasteiger partial charge is 0.328 e. The summed E-state index contributed by atoms with van der Waals surface area (Å²) in [5.41, 5.74) is 7.42. The number of benzene rings is 1. The molecule has 0 bridgehead atoms. The minimum atomic E-state index is 0.00815. The Morgan fingerprint density at radius 1 is 1.14 bits per heavy atom. The summed E-state index contributed by atoms with van der Waals surface area (Å²) in [7, 11) is 0. The van der Waals surface area contributed by atoms with Crippen LogP contribution < -0.4 is 11.1 Å². The van der Waals surface area contributed by atoms with E-state index in [2.05, 4.69) is 15.3 Å². The van der Waals surface area contributed by atoms with E-state index >= 15 is 0 Å². The van der Waals surface area contributed by atoms with Crippen LogP contribution in [-0.4, -0.2) is 21.9 Å². The highest BCUT2D eigenvalue weighted by Gasteiger charge is 2.27. The first kappa shape index (κ1) is 13.7. The molecule has 0 spiro atoms. The Morgan fingerprint density at radius 3 is 2.48 bits per heavy atom. The van der Waals surface area contributed by atoms with Crippen LogP contribution in [-0.2, 0) is 4.79 Å². The molecule has 108 valence electrons. The third-order valence-corrected chi connectivity index (χ3v) is 3.80. The van der Waals surface area contributed by atoms with Gasteiger partial charge in [0.15, 0.2) is 5.82 Å². The first-order valence-corrected chi connectivity index (χ1v) is 7.16. The Bertz CT molecular complexity index is 612. The van der Waals surface area contributed by atoms with Crippen molar-refractivity contribution in [3.05, 3.63) is 42.7 Å². The van der Waals surface area contributed by atoms with Crippen LogP contribution >= 0.6 is 0 Å². The second kappa shape index (κ2) is 6.01. The van der Waals surface area contributed by atoms with Crippen LogP contribution in [0.5, 0.6) is 0 Å². The molecule has 1 aliphatic carbocycles. The van der Waals surface area contributed by atoms with E-state index < -0.39 is 0 Å². The molecule has 21 heavy (non-hydrogen) atoms. The standard InChI is InChI=1S/C16H18N4O/c17-13-7-6-12(8-13)16(21)20-14-9-18-15(19-10-14)11-4-2-1-3-5-11/h1-5,9-10,12-13H,6-8,17H2,(H,20,21). The Balaban J connectivity index is 1.66. The summed E-state index contributed by atoms with van der Waals surface area (Å²) in [5.74, 6) is 0.671. The van der Waals surface area contributed by atoms with Crippen LogP contribution in [0.3, 0.4) is 0 Å². The lowest BCUT2D eigenvalue weighted by molar-refractivity contribution is -0.119. The van der Waals surface area contributed by atoms with E-state index in [0.29, 0.717) is 11.5 Å². The van der Waals surface area contributed by atoms with Crippen LogP contribution in [0.1, 0.15) is 19.3 Å². The molecule has 5 heteroatoms. The zero-order valence-corrected chi connectivity index (χ0v) is 11.7. The van der Waals surface area contributed by atoms with Crippen LogP contribution in [0.2, 0.25) is 0 Å². The number of amides is 1. The lowest BCUT2D eigenvalue weighted by Gasteiger charge is -2.10. The minimum Gasteiger partial charge on any atom is -0.328 e. The highest BCUT2D eigenvalue weighted by Crippen LogP contribution is 2.25. The van der Waals surface area contributed by atoms with E-state index in [4.69, 9.17) is 5.73 Å². The van der Waals surface area contributed by atoms with E-state index in [1.165, 1.54) is 0 Å². The normalized spacial score (nSPS) is 21.2. The van der Waals surface area contributed by atoms with Crippen molar-refractivity contribution >= 4 is 11.6 Å². The summed E-state index contributed by atoms with van der Waals surface area (Å²) in [6, 6.07) is 9.89. The number of nitrogens with zero attached hydrogens (tertiary/aromatic N) is 2. The van der Waals surface area contributed by atoms with Crippen molar-refractivity contribution in [1.82, 2.24) is 9.97 Å². The van der Waals surface area contributed by atoms with Gasteiger partial charge in [0.2, 0.25) is 5.91 Å². The molecule has 3 rings (SSSR count). The quantitative estimate of drug-likeness (QED) is 0.904. The fourth-order valence-corrected chi connectivity index (χ4v) is 2.63. The van der Waals surface area contributed by atoms with E-state index in [1.54, 1.807) is 12.4 Å². The van der Waals surface area contributed by atoms with Gasteiger partial charge >= 0.3 is 0 Å². The number of rotatable bonds is 3. The predicted molar refractivity (Wildman–Crippen MR) is 81.4 cm³/mol.